The summed E-state index contributed by atoms with van der Waals surface area (Å²) in [4.78, 5) is 27.2. The van der Waals surface area contributed by atoms with E-state index in [1.165, 1.54) is 0 Å². The molecule has 1 aliphatic heterocycles. The van der Waals surface area contributed by atoms with E-state index in [2.05, 4.69) is 5.32 Å². The number of anilines is 1. The average molecular weight is 471 g/mol. The third-order valence-corrected chi connectivity index (χ3v) is 5.62. The Morgan fingerprint density at radius 1 is 1.12 bits per heavy atom. The Balaban J connectivity index is 1.59. The smallest absolute Gasteiger partial charge is 0.264 e. The number of hydrogen-bond acceptors (Lipinski definition) is 3. The van der Waals surface area contributed by atoms with E-state index in [-0.39, 0.29) is 18.0 Å². The van der Waals surface area contributed by atoms with Crippen molar-refractivity contribution in [2.45, 2.75) is 32.5 Å². The van der Waals surface area contributed by atoms with Crippen molar-refractivity contribution in [2.24, 2.45) is 0 Å². The van der Waals surface area contributed by atoms with Crippen LogP contribution in [-0.4, -0.2) is 22.8 Å². The molecule has 0 bridgehead atoms. The molecule has 1 aliphatic rings. The van der Waals surface area contributed by atoms with Crippen LogP contribution in [0.3, 0.4) is 0 Å². The number of ether oxygens (including phenoxy) is 1. The normalized spacial score (nSPS) is 15.5. The van der Waals surface area contributed by atoms with Gasteiger partial charge in [-0.3, -0.25) is 9.59 Å². The molecule has 0 radical (unpaired) electrons. The maximum absolute atomic E-state index is 14.0. The van der Waals surface area contributed by atoms with Gasteiger partial charge < -0.3 is 15.0 Å². The van der Waals surface area contributed by atoms with E-state index >= 15 is 0 Å². The van der Waals surface area contributed by atoms with E-state index in [9.17, 15) is 18.4 Å². The Labute approximate surface area is 194 Å². The zero-order valence-corrected chi connectivity index (χ0v) is 18.5. The number of carbonyl (C=O) groups excluding carboxylic acids is 2. The van der Waals surface area contributed by atoms with Crippen LogP contribution in [0, 0.1) is 11.6 Å². The molecule has 3 aromatic rings. The molecule has 3 aromatic carbocycles. The molecule has 0 saturated carbocycles. The Morgan fingerprint density at radius 3 is 2.58 bits per heavy atom. The number of carbonyl (C=O) groups is 2. The van der Waals surface area contributed by atoms with E-state index in [1.807, 2.05) is 19.1 Å². The number of hydrogen-bond donors (Lipinski definition) is 1. The van der Waals surface area contributed by atoms with Gasteiger partial charge in [0.05, 0.1) is 5.56 Å². The summed E-state index contributed by atoms with van der Waals surface area (Å²) in [5.41, 5.74) is 1.75. The fourth-order valence-electron chi connectivity index (χ4n) is 3.66. The lowest BCUT2D eigenvalue weighted by atomic mass is 10.1. The Morgan fingerprint density at radius 2 is 1.88 bits per heavy atom. The van der Waals surface area contributed by atoms with Crippen LogP contribution in [0.5, 0.6) is 5.75 Å². The molecule has 0 spiro atoms. The molecule has 0 fully saturated rings. The number of nitrogens with one attached hydrogen (secondary N) is 1. The highest BCUT2D eigenvalue weighted by molar-refractivity contribution is 6.30. The first-order valence-corrected chi connectivity index (χ1v) is 10.8. The van der Waals surface area contributed by atoms with Crippen LogP contribution < -0.4 is 10.1 Å². The van der Waals surface area contributed by atoms with E-state index in [1.54, 1.807) is 35.2 Å². The van der Waals surface area contributed by atoms with Gasteiger partial charge in [0.1, 0.15) is 17.4 Å². The monoisotopic (exact) mass is 470 g/mol. The minimum Gasteiger partial charge on any atom is -0.480 e. The molecule has 1 heterocycles. The van der Waals surface area contributed by atoms with Gasteiger partial charge in [0.2, 0.25) is 0 Å². The van der Waals surface area contributed by atoms with Crippen molar-refractivity contribution in [3.63, 3.8) is 0 Å². The number of rotatable bonds is 5. The number of fused-ring (bicyclic) bond motifs is 1. The number of nitrogens with zero attached hydrogens (tertiary/aromatic N) is 1. The van der Waals surface area contributed by atoms with Crippen molar-refractivity contribution >= 4 is 29.1 Å². The van der Waals surface area contributed by atoms with Gasteiger partial charge in [-0.2, -0.15) is 0 Å². The zero-order chi connectivity index (χ0) is 23.5. The predicted octanol–water partition coefficient (Wildman–Crippen LogP) is 5.57. The largest absolute Gasteiger partial charge is 0.480 e. The second-order valence-corrected chi connectivity index (χ2v) is 8.17. The molecule has 0 aromatic heterocycles. The first kappa shape index (κ1) is 22.7. The van der Waals surface area contributed by atoms with Crippen molar-refractivity contribution in [3.05, 3.63) is 94.0 Å². The van der Waals surface area contributed by atoms with Gasteiger partial charge in [-0.25, -0.2) is 8.78 Å². The lowest BCUT2D eigenvalue weighted by molar-refractivity contribution is -0.139. The van der Waals surface area contributed by atoms with Gasteiger partial charge >= 0.3 is 0 Å². The van der Waals surface area contributed by atoms with Crippen LogP contribution in [0.25, 0.3) is 0 Å². The third kappa shape index (κ3) is 5.14. The number of benzene rings is 3. The minimum absolute atomic E-state index is 0.136. The van der Waals surface area contributed by atoms with Crippen molar-refractivity contribution in [3.8, 4) is 5.75 Å². The second-order valence-electron chi connectivity index (χ2n) is 7.74. The van der Waals surface area contributed by atoms with Crippen LogP contribution in [-0.2, 0) is 17.9 Å². The Bertz CT molecular complexity index is 1200. The molecule has 0 saturated heterocycles. The molecule has 0 aliphatic carbocycles. The van der Waals surface area contributed by atoms with Gasteiger partial charge in [0, 0.05) is 35.4 Å². The summed E-state index contributed by atoms with van der Waals surface area (Å²) in [5, 5.41) is 3.23. The molecular formula is C25H21ClF2N2O3. The Kier molecular flexibility index (Phi) is 6.60. The number of halogens is 3. The molecule has 2 amide bonds. The van der Waals surface area contributed by atoms with Crippen molar-refractivity contribution in [1.29, 1.82) is 0 Å². The molecule has 170 valence electrons. The summed E-state index contributed by atoms with van der Waals surface area (Å²) < 4.78 is 33.1. The number of amides is 2. The van der Waals surface area contributed by atoms with E-state index in [0.29, 0.717) is 41.1 Å². The van der Waals surface area contributed by atoms with Gasteiger partial charge in [-0.15, -0.1) is 0 Å². The van der Waals surface area contributed by atoms with Crippen LogP contribution in [0.15, 0.2) is 60.7 Å². The minimum atomic E-state index is -0.948. The zero-order valence-electron chi connectivity index (χ0n) is 17.8. The second kappa shape index (κ2) is 9.58. The van der Waals surface area contributed by atoms with Crippen LogP contribution in [0.2, 0.25) is 5.02 Å². The summed E-state index contributed by atoms with van der Waals surface area (Å²) in [6, 6.07) is 15.0. The first-order chi connectivity index (χ1) is 15.8. The molecular weight excluding hydrogens is 450 g/mol. The van der Waals surface area contributed by atoms with Gasteiger partial charge in [0.25, 0.3) is 11.8 Å². The van der Waals surface area contributed by atoms with E-state index in [0.717, 1.165) is 17.7 Å². The molecule has 1 N–H and O–H groups in total. The quantitative estimate of drug-likeness (QED) is 0.530. The average Bonchev–Trinajstić information content (AvgIpc) is 2.91. The summed E-state index contributed by atoms with van der Waals surface area (Å²) in [5.74, 6) is -2.01. The van der Waals surface area contributed by atoms with Crippen molar-refractivity contribution in [2.75, 3.05) is 5.32 Å². The summed E-state index contributed by atoms with van der Waals surface area (Å²) in [7, 11) is 0. The van der Waals surface area contributed by atoms with Crippen LogP contribution in [0.4, 0.5) is 14.5 Å². The van der Waals surface area contributed by atoms with Crippen LogP contribution >= 0.6 is 11.6 Å². The third-order valence-electron chi connectivity index (χ3n) is 5.37. The highest BCUT2D eigenvalue weighted by atomic mass is 35.5. The SMILES string of the molecule is CC[C@H]1Oc2ccc(NC(=O)c3ccc(F)cc3F)cc2CN(Cc2ccc(Cl)cc2)C1=O. The highest BCUT2D eigenvalue weighted by Gasteiger charge is 2.30. The van der Waals surface area contributed by atoms with Crippen molar-refractivity contribution in [1.82, 2.24) is 4.90 Å². The van der Waals surface area contributed by atoms with Crippen LogP contribution in [0.1, 0.15) is 34.8 Å². The summed E-state index contributed by atoms with van der Waals surface area (Å²) in [6.45, 7) is 2.51. The molecule has 0 unspecified atom stereocenters. The highest BCUT2D eigenvalue weighted by Crippen LogP contribution is 2.30. The molecule has 4 rings (SSSR count). The lowest BCUT2D eigenvalue weighted by Crippen LogP contribution is -2.38. The van der Waals surface area contributed by atoms with Gasteiger partial charge in [-0.05, 0) is 54.4 Å². The van der Waals surface area contributed by atoms with Gasteiger partial charge in [-0.1, -0.05) is 30.7 Å². The molecule has 1 atom stereocenters. The molecule has 33 heavy (non-hydrogen) atoms. The summed E-state index contributed by atoms with van der Waals surface area (Å²) >= 11 is 5.97. The maximum Gasteiger partial charge on any atom is 0.264 e. The standard InChI is InChI=1S/C25H21ClF2N2O3/c1-2-22-25(32)30(13-15-3-5-17(26)6-4-15)14-16-11-19(8-10-23(16)33-22)29-24(31)20-9-7-18(27)12-21(20)28/h3-12,22H,2,13-14H2,1H3,(H,29,31)/t22-/m1/s1. The fraction of sp³-hybridized carbons (Fsp3) is 0.200. The topological polar surface area (TPSA) is 58.6 Å². The summed E-state index contributed by atoms with van der Waals surface area (Å²) in [6.07, 6.45) is -0.134. The molecule has 5 nitrogen and oxygen atoms in total. The van der Waals surface area contributed by atoms with E-state index in [4.69, 9.17) is 16.3 Å². The predicted molar refractivity (Wildman–Crippen MR) is 121 cm³/mol. The van der Waals surface area contributed by atoms with E-state index < -0.39 is 23.6 Å². The fourth-order valence-corrected chi connectivity index (χ4v) is 3.79. The molecule has 8 heteroatoms. The van der Waals surface area contributed by atoms with Crippen molar-refractivity contribution < 1.29 is 23.1 Å². The lowest BCUT2D eigenvalue weighted by Gasteiger charge is -2.23. The maximum atomic E-state index is 14.0. The first-order valence-electron chi connectivity index (χ1n) is 10.4. The Hall–Kier alpha value is -3.45. The van der Waals surface area contributed by atoms with Gasteiger partial charge in [0.15, 0.2) is 6.10 Å².